The van der Waals surface area contributed by atoms with Crippen molar-refractivity contribution in [3.8, 4) is 12.3 Å². The predicted molar refractivity (Wildman–Crippen MR) is 92.9 cm³/mol. The molecule has 134 valence electrons. The van der Waals surface area contributed by atoms with Crippen molar-refractivity contribution < 1.29 is 15.3 Å². The molecule has 0 saturated heterocycles. The molecule has 0 aromatic heterocycles. The first kappa shape index (κ1) is 16.9. The van der Waals surface area contributed by atoms with Crippen molar-refractivity contribution >= 4 is 0 Å². The molecule has 0 aromatic rings. The van der Waals surface area contributed by atoms with Crippen LogP contribution in [-0.2, 0) is 0 Å². The molecule has 0 spiro atoms. The van der Waals surface area contributed by atoms with E-state index in [9.17, 15) is 15.3 Å². The maximum atomic E-state index is 11.0. The molecule has 0 amide bonds. The van der Waals surface area contributed by atoms with Crippen LogP contribution in [0.1, 0.15) is 65.2 Å². The van der Waals surface area contributed by atoms with Gasteiger partial charge in [-0.1, -0.05) is 19.8 Å². The summed E-state index contributed by atoms with van der Waals surface area (Å²) in [4.78, 5) is 0. The zero-order valence-corrected chi connectivity index (χ0v) is 15.0. The second-order valence-electron chi connectivity index (χ2n) is 9.70. The quantitative estimate of drug-likeness (QED) is 0.598. The summed E-state index contributed by atoms with van der Waals surface area (Å²) in [5.41, 5.74) is -1.42. The smallest absolute Gasteiger partial charge is 0.156 e. The van der Waals surface area contributed by atoms with Crippen molar-refractivity contribution in [2.45, 2.75) is 83.0 Å². The average molecular weight is 332 g/mol. The average Bonchev–Trinajstić information content (AvgIpc) is 2.76. The topological polar surface area (TPSA) is 60.7 Å². The lowest BCUT2D eigenvalue weighted by Crippen LogP contribution is -2.57. The first-order valence-corrected chi connectivity index (χ1v) is 9.82. The van der Waals surface area contributed by atoms with Crippen molar-refractivity contribution in [2.75, 3.05) is 0 Å². The number of aliphatic hydroxyl groups is 3. The lowest BCUT2D eigenvalue weighted by Gasteiger charge is -2.61. The molecular formula is C21H32O3. The third-order valence-corrected chi connectivity index (χ3v) is 9.08. The molecule has 4 aliphatic rings. The summed E-state index contributed by atoms with van der Waals surface area (Å²) in [5.74, 6) is 4.72. The van der Waals surface area contributed by atoms with Crippen molar-refractivity contribution in [3.63, 3.8) is 0 Å². The lowest BCUT2D eigenvalue weighted by atomic mass is 9.44. The molecule has 3 nitrogen and oxygen atoms in total. The van der Waals surface area contributed by atoms with Gasteiger partial charge in [0.2, 0.25) is 0 Å². The summed E-state index contributed by atoms with van der Waals surface area (Å²) in [5, 5.41) is 31.7. The molecule has 24 heavy (non-hydrogen) atoms. The molecular weight excluding hydrogens is 300 g/mol. The van der Waals surface area contributed by atoms with Gasteiger partial charge < -0.3 is 15.3 Å². The van der Waals surface area contributed by atoms with Crippen LogP contribution in [0.25, 0.3) is 0 Å². The zero-order chi connectivity index (χ0) is 17.3. The standard InChI is InChI=1S/C21H32O3/c1-4-21(24)18(23)12-17-15-6-5-13-11-14(22)7-9-19(13,2)16(15)8-10-20(17,21)3/h1,13-18,22-24H,5-12H2,2-3H3/t13-,14-,15+,16-,17-,18+,19-,20-,21-/m0/s1. The molecule has 4 fully saturated rings. The molecule has 3 N–H and O–H groups in total. The van der Waals surface area contributed by atoms with Gasteiger partial charge in [-0.2, -0.15) is 0 Å². The first-order valence-electron chi connectivity index (χ1n) is 9.82. The second-order valence-corrected chi connectivity index (χ2v) is 9.70. The van der Waals surface area contributed by atoms with Crippen molar-refractivity contribution in [3.05, 3.63) is 0 Å². The number of rotatable bonds is 0. The maximum Gasteiger partial charge on any atom is 0.156 e. The molecule has 0 aromatic carbocycles. The predicted octanol–water partition coefficient (Wildman–Crippen LogP) is 2.73. The van der Waals surface area contributed by atoms with Crippen LogP contribution in [0.15, 0.2) is 0 Å². The van der Waals surface area contributed by atoms with E-state index in [0.29, 0.717) is 35.5 Å². The number of hydrogen-bond donors (Lipinski definition) is 3. The monoisotopic (exact) mass is 332 g/mol. The van der Waals surface area contributed by atoms with Gasteiger partial charge in [0.05, 0.1) is 12.2 Å². The van der Waals surface area contributed by atoms with E-state index in [4.69, 9.17) is 6.42 Å². The van der Waals surface area contributed by atoms with E-state index in [1.807, 2.05) is 0 Å². The fourth-order valence-corrected chi connectivity index (χ4v) is 7.52. The Morgan fingerprint density at radius 3 is 2.42 bits per heavy atom. The minimum Gasteiger partial charge on any atom is -0.393 e. The summed E-state index contributed by atoms with van der Waals surface area (Å²) >= 11 is 0. The molecule has 4 aliphatic carbocycles. The van der Waals surface area contributed by atoms with Crippen LogP contribution < -0.4 is 0 Å². The van der Waals surface area contributed by atoms with E-state index in [0.717, 1.165) is 38.5 Å². The number of terminal acetylenes is 1. The van der Waals surface area contributed by atoms with Crippen LogP contribution in [0.3, 0.4) is 0 Å². The third kappa shape index (κ3) is 1.91. The molecule has 0 heterocycles. The molecule has 9 atom stereocenters. The van der Waals surface area contributed by atoms with Crippen LogP contribution in [0.5, 0.6) is 0 Å². The second kappa shape index (κ2) is 5.22. The Kier molecular flexibility index (Phi) is 3.67. The summed E-state index contributed by atoms with van der Waals surface area (Å²) in [6, 6.07) is 0. The third-order valence-electron chi connectivity index (χ3n) is 9.08. The molecule has 0 radical (unpaired) electrons. The Bertz CT molecular complexity index is 568. The largest absolute Gasteiger partial charge is 0.393 e. The summed E-state index contributed by atoms with van der Waals surface area (Å²) in [7, 11) is 0. The van der Waals surface area contributed by atoms with Gasteiger partial charge in [-0.25, -0.2) is 0 Å². The Morgan fingerprint density at radius 2 is 1.71 bits per heavy atom. The highest BCUT2D eigenvalue weighted by molar-refractivity contribution is 5.27. The molecule has 4 saturated carbocycles. The van der Waals surface area contributed by atoms with E-state index in [2.05, 4.69) is 19.8 Å². The minimum absolute atomic E-state index is 0.117. The summed E-state index contributed by atoms with van der Waals surface area (Å²) in [6.45, 7) is 4.56. The molecule has 0 aliphatic heterocycles. The number of aliphatic hydroxyl groups excluding tert-OH is 2. The Hall–Kier alpha value is -0.560. The summed E-state index contributed by atoms with van der Waals surface area (Å²) < 4.78 is 0. The van der Waals surface area contributed by atoms with Gasteiger partial charge in [0.15, 0.2) is 5.60 Å². The molecule has 0 unspecified atom stereocenters. The first-order chi connectivity index (χ1) is 11.3. The zero-order valence-electron chi connectivity index (χ0n) is 15.0. The SMILES string of the molecule is C#C[C@]1(O)[C@H](O)C[C@H]2[C@@H]3CC[C@H]4C[C@@H](O)CC[C@]4(C)[C@H]3CC[C@@]21C. The van der Waals surface area contributed by atoms with Gasteiger partial charge in [-0.15, -0.1) is 6.42 Å². The van der Waals surface area contributed by atoms with Crippen molar-refractivity contribution in [1.82, 2.24) is 0 Å². The van der Waals surface area contributed by atoms with Crippen LogP contribution >= 0.6 is 0 Å². The lowest BCUT2D eigenvalue weighted by molar-refractivity contribution is -0.151. The van der Waals surface area contributed by atoms with Gasteiger partial charge in [0, 0.05) is 5.41 Å². The van der Waals surface area contributed by atoms with E-state index in [-0.39, 0.29) is 11.5 Å². The van der Waals surface area contributed by atoms with Crippen molar-refractivity contribution in [2.24, 2.45) is 34.5 Å². The summed E-state index contributed by atoms with van der Waals surface area (Å²) in [6.07, 6.45) is 12.7. The van der Waals surface area contributed by atoms with Gasteiger partial charge in [-0.05, 0) is 80.5 Å². The maximum absolute atomic E-state index is 11.0. The fourth-order valence-electron chi connectivity index (χ4n) is 7.52. The molecule has 3 heteroatoms. The van der Waals surface area contributed by atoms with Gasteiger partial charge >= 0.3 is 0 Å². The highest BCUT2D eigenvalue weighted by atomic mass is 16.3. The van der Waals surface area contributed by atoms with Gasteiger partial charge in [0.1, 0.15) is 0 Å². The highest BCUT2D eigenvalue weighted by Gasteiger charge is 2.67. The normalized spacial score (nSPS) is 59.8. The van der Waals surface area contributed by atoms with Gasteiger partial charge in [-0.3, -0.25) is 0 Å². The van der Waals surface area contributed by atoms with E-state index in [1.54, 1.807) is 0 Å². The Morgan fingerprint density at radius 1 is 0.958 bits per heavy atom. The molecule has 0 bridgehead atoms. The fraction of sp³-hybridized carbons (Fsp3) is 0.905. The Balaban J connectivity index is 1.67. The van der Waals surface area contributed by atoms with E-state index >= 15 is 0 Å². The van der Waals surface area contributed by atoms with Crippen molar-refractivity contribution in [1.29, 1.82) is 0 Å². The minimum atomic E-state index is -1.37. The number of hydrogen-bond acceptors (Lipinski definition) is 3. The van der Waals surface area contributed by atoms with Crippen LogP contribution in [0.2, 0.25) is 0 Å². The van der Waals surface area contributed by atoms with E-state index in [1.165, 1.54) is 6.42 Å². The number of fused-ring (bicyclic) bond motifs is 5. The Labute approximate surface area is 145 Å². The molecule has 4 rings (SSSR count). The van der Waals surface area contributed by atoms with Gasteiger partial charge in [0.25, 0.3) is 0 Å². The van der Waals surface area contributed by atoms with Crippen LogP contribution in [0, 0.1) is 46.8 Å². The van der Waals surface area contributed by atoms with Crippen LogP contribution in [-0.4, -0.2) is 33.1 Å². The highest BCUT2D eigenvalue weighted by Crippen LogP contribution is 2.68. The van der Waals surface area contributed by atoms with E-state index < -0.39 is 11.7 Å². The van der Waals surface area contributed by atoms with Crippen LogP contribution in [0.4, 0.5) is 0 Å².